The molecule has 8 nitrogen and oxygen atoms in total. The molecule has 4 rings (SSSR count). The Hall–Kier alpha value is -1.74. The third kappa shape index (κ3) is 1.85. The van der Waals surface area contributed by atoms with Crippen molar-refractivity contribution in [2.24, 2.45) is 0 Å². The molecule has 8 heteroatoms. The number of aliphatic hydroxyl groups excluding tert-OH is 1. The van der Waals surface area contributed by atoms with Crippen LogP contribution in [0.15, 0.2) is 23.3 Å². The molecule has 4 atom stereocenters. The predicted molar refractivity (Wildman–Crippen MR) is 75.4 cm³/mol. The molecule has 0 aromatic carbocycles. The highest BCUT2D eigenvalue weighted by Gasteiger charge is 2.58. The van der Waals surface area contributed by atoms with Crippen LogP contribution in [0, 0.1) is 0 Å². The number of aromatic amines is 1. The number of H-pyrrole nitrogens is 1. The number of aliphatic hydroxyl groups is 1. The summed E-state index contributed by atoms with van der Waals surface area (Å²) in [5.41, 5.74) is -0.603. The van der Waals surface area contributed by atoms with E-state index in [9.17, 15) is 9.90 Å². The first kappa shape index (κ1) is 13.9. The molecule has 0 saturated carbocycles. The van der Waals surface area contributed by atoms with Crippen LogP contribution in [0.4, 0.5) is 0 Å². The number of nitrogens with one attached hydrogen (secondary N) is 1. The molecule has 4 heterocycles. The van der Waals surface area contributed by atoms with Gasteiger partial charge in [-0.1, -0.05) is 0 Å². The quantitative estimate of drug-likeness (QED) is 0.814. The number of ether oxygens (including phenoxy) is 3. The lowest BCUT2D eigenvalue weighted by Gasteiger charge is -2.34. The van der Waals surface area contributed by atoms with Gasteiger partial charge in [-0.05, 0) is 6.07 Å². The van der Waals surface area contributed by atoms with Crippen molar-refractivity contribution >= 4 is 11.0 Å². The SMILES string of the molecule is COC[C@]12CCOC(C1O)[C@H](n1ccc3cnc(=O)[nH]c31)O2. The normalized spacial score (nSPS) is 34.4. The summed E-state index contributed by atoms with van der Waals surface area (Å²) in [5.74, 6) is 0. The fraction of sp³-hybridized carbons (Fsp3) is 0.571. The molecule has 2 fully saturated rings. The average Bonchev–Trinajstić information content (AvgIpc) is 2.94. The molecule has 0 aliphatic carbocycles. The number of hydrogen-bond donors (Lipinski definition) is 2. The van der Waals surface area contributed by atoms with Crippen LogP contribution in [0.5, 0.6) is 0 Å². The van der Waals surface area contributed by atoms with Gasteiger partial charge in [-0.3, -0.25) is 4.98 Å². The molecule has 2 bridgehead atoms. The van der Waals surface area contributed by atoms with E-state index >= 15 is 0 Å². The monoisotopic (exact) mass is 307 g/mol. The lowest BCUT2D eigenvalue weighted by Crippen LogP contribution is -2.51. The van der Waals surface area contributed by atoms with Gasteiger partial charge in [0.1, 0.15) is 23.5 Å². The van der Waals surface area contributed by atoms with E-state index in [4.69, 9.17) is 14.2 Å². The van der Waals surface area contributed by atoms with Crippen LogP contribution in [-0.4, -0.2) is 57.8 Å². The summed E-state index contributed by atoms with van der Waals surface area (Å²) < 4.78 is 18.8. The van der Waals surface area contributed by atoms with Gasteiger partial charge in [0, 0.05) is 31.3 Å². The first-order valence-corrected chi connectivity index (χ1v) is 7.17. The second-order valence-corrected chi connectivity index (χ2v) is 5.75. The Kier molecular flexibility index (Phi) is 3.08. The summed E-state index contributed by atoms with van der Waals surface area (Å²) in [6.45, 7) is 0.792. The van der Waals surface area contributed by atoms with E-state index in [1.54, 1.807) is 17.9 Å². The predicted octanol–water partition coefficient (Wildman–Crippen LogP) is -0.212. The van der Waals surface area contributed by atoms with Crippen LogP contribution in [0.3, 0.4) is 0 Å². The van der Waals surface area contributed by atoms with Crippen LogP contribution >= 0.6 is 0 Å². The molecule has 2 saturated heterocycles. The largest absolute Gasteiger partial charge is 0.387 e. The number of nitrogens with zero attached hydrogens (tertiary/aromatic N) is 2. The van der Waals surface area contributed by atoms with Gasteiger partial charge in [0.15, 0.2) is 6.23 Å². The fourth-order valence-corrected chi connectivity index (χ4v) is 3.41. The molecular weight excluding hydrogens is 290 g/mol. The highest BCUT2D eigenvalue weighted by atomic mass is 16.6. The van der Waals surface area contributed by atoms with E-state index in [2.05, 4.69) is 9.97 Å². The van der Waals surface area contributed by atoms with Gasteiger partial charge in [0.25, 0.3) is 0 Å². The maximum atomic E-state index is 11.5. The van der Waals surface area contributed by atoms with Crippen molar-refractivity contribution in [1.82, 2.24) is 14.5 Å². The Morgan fingerprint density at radius 1 is 1.64 bits per heavy atom. The Morgan fingerprint density at radius 3 is 3.32 bits per heavy atom. The van der Waals surface area contributed by atoms with Crippen molar-refractivity contribution in [2.45, 2.75) is 30.5 Å². The molecule has 0 spiro atoms. The lowest BCUT2D eigenvalue weighted by molar-refractivity contribution is -0.149. The summed E-state index contributed by atoms with van der Waals surface area (Å²) in [6, 6.07) is 1.83. The minimum Gasteiger partial charge on any atom is -0.387 e. The topological polar surface area (TPSA) is 98.6 Å². The van der Waals surface area contributed by atoms with E-state index in [0.717, 1.165) is 5.39 Å². The van der Waals surface area contributed by atoms with Gasteiger partial charge < -0.3 is 23.9 Å². The Bertz CT molecular complexity index is 752. The average molecular weight is 307 g/mol. The molecule has 2 aromatic heterocycles. The zero-order chi connectivity index (χ0) is 15.3. The van der Waals surface area contributed by atoms with Crippen molar-refractivity contribution in [1.29, 1.82) is 0 Å². The van der Waals surface area contributed by atoms with Crippen molar-refractivity contribution < 1.29 is 19.3 Å². The third-order valence-electron chi connectivity index (χ3n) is 4.48. The van der Waals surface area contributed by atoms with Gasteiger partial charge in [-0.2, -0.15) is 0 Å². The number of methoxy groups -OCH3 is 1. The number of aromatic nitrogens is 3. The van der Waals surface area contributed by atoms with Crippen LogP contribution in [0.25, 0.3) is 11.0 Å². The molecule has 2 N–H and O–H groups in total. The van der Waals surface area contributed by atoms with E-state index in [1.807, 2.05) is 6.07 Å². The summed E-state index contributed by atoms with van der Waals surface area (Å²) in [6.07, 6.45) is 2.06. The van der Waals surface area contributed by atoms with Gasteiger partial charge in [-0.25, -0.2) is 9.78 Å². The molecule has 0 amide bonds. The molecule has 118 valence electrons. The lowest BCUT2D eigenvalue weighted by atomic mass is 9.90. The van der Waals surface area contributed by atoms with Crippen LogP contribution < -0.4 is 5.69 Å². The minimum atomic E-state index is -0.780. The summed E-state index contributed by atoms with van der Waals surface area (Å²) in [4.78, 5) is 17.9. The second-order valence-electron chi connectivity index (χ2n) is 5.75. The van der Waals surface area contributed by atoms with Crippen LogP contribution in [0.2, 0.25) is 0 Å². The Morgan fingerprint density at radius 2 is 2.50 bits per heavy atom. The smallest absolute Gasteiger partial charge is 0.346 e. The highest BCUT2D eigenvalue weighted by molar-refractivity contribution is 5.74. The molecule has 2 aromatic rings. The molecule has 2 aliphatic heterocycles. The maximum absolute atomic E-state index is 11.5. The summed E-state index contributed by atoms with van der Waals surface area (Å²) in [5, 5.41) is 11.4. The molecule has 22 heavy (non-hydrogen) atoms. The highest BCUT2D eigenvalue weighted by Crippen LogP contribution is 2.45. The van der Waals surface area contributed by atoms with E-state index in [0.29, 0.717) is 25.3 Å². The minimum absolute atomic E-state index is 0.293. The van der Waals surface area contributed by atoms with Crippen LogP contribution in [0.1, 0.15) is 12.6 Å². The molecular formula is C14H17N3O5. The van der Waals surface area contributed by atoms with Crippen LogP contribution in [-0.2, 0) is 14.2 Å². The number of hydrogen-bond acceptors (Lipinski definition) is 6. The zero-order valence-corrected chi connectivity index (χ0v) is 12.1. The second kappa shape index (κ2) is 4.88. The summed E-state index contributed by atoms with van der Waals surface area (Å²) >= 11 is 0. The Balaban J connectivity index is 1.79. The van der Waals surface area contributed by atoms with Crippen molar-refractivity contribution in [2.75, 3.05) is 20.3 Å². The van der Waals surface area contributed by atoms with Gasteiger partial charge in [0.05, 0.1) is 13.2 Å². The first-order valence-electron chi connectivity index (χ1n) is 7.17. The van der Waals surface area contributed by atoms with Crippen molar-refractivity contribution in [3.8, 4) is 0 Å². The van der Waals surface area contributed by atoms with Crippen molar-refractivity contribution in [3.05, 3.63) is 28.9 Å². The van der Waals surface area contributed by atoms with Crippen molar-refractivity contribution in [3.63, 3.8) is 0 Å². The standard InChI is InChI=1S/C14H17N3O5/c1-20-7-14-3-5-21-9(10(14)18)12(22-14)17-4-2-8-6-15-13(19)16-11(8)17/h2,4,6,9-10,12,18H,3,5,7H2,1H3,(H,15,16,19)/t9?,10?,12-,14-/m1/s1. The van der Waals surface area contributed by atoms with E-state index in [1.165, 1.54) is 6.20 Å². The number of fused-ring (bicyclic) bond motifs is 3. The molecule has 2 unspecified atom stereocenters. The fourth-order valence-electron chi connectivity index (χ4n) is 3.41. The van der Waals surface area contributed by atoms with E-state index in [-0.39, 0.29) is 0 Å². The van der Waals surface area contributed by atoms with E-state index < -0.39 is 29.7 Å². The number of rotatable bonds is 3. The first-order chi connectivity index (χ1) is 10.6. The third-order valence-corrected chi connectivity index (χ3v) is 4.48. The summed E-state index contributed by atoms with van der Waals surface area (Å²) in [7, 11) is 1.58. The molecule has 2 aliphatic rings. The maximum Gasteiger partial charge on any atom is 0.346 e. The van der Waals surface area contributed by atoms with Gasteiger partial charge in [-0.15, -0.1) is 0 Å². The van der Waals surface area contributed by atoms with Gasteiger partial charge in [0.2, 0.25) is 0 Å². The molecule has 0 radical (unpaired) electrons. The zero-order valence-electron chi connectivity index (χ0n) is 12.1. The van der Waals surface area contributed by atoms with Gasteiger partial charge >= 0.3 is 5.69 Å². The Labute approximate surface area is 125 Å².